The van der Waals surface area contributed by atoms with Crippen LogP contribution in [-0.4, -0.2) is 44.2 Å². The standard InChI is InChI=1S/C23H29N3O2S/c1-6-25(7-2)13-14-26(22(27)18-9-8-10-19(15-18)28-5)23-24-21-17(4)16(3)11-12-20(21)29-23/h8-12,15H,6-7,13-14H2,1-5H3/p+1. The maximum atomic E-state index is 13.5. The number of carbonyl (C=O) groups excluding carboxylic acids is 1. The second-order valence-corrected chi connectivity index (χ2v) is 8.26. The van der Waals surface area contributed by atoms with E-state index in [-0.39, 0.29) is 5.91 Å². The van der Waals surface area contributed by atoms with E-state index >= 15 is 0 Å². The highest BCUT2D eigenvalue weighted by Gasteiger charge is 2.23. The SMILES string of the molecule is CC[NH+](CC)CCN(C(=O)c1cccc(OC)c1)c1nc2c(C)c(C)ccc2s1. The summed E-state index contributed by atoms with van der Waals surface area (Å²) in [6.07, 6.45) is 0. The first kappa shape index (κ1) is 21.3. The van der Waals surface area contributed by atoms with Crippen LogP contribution in [0.2, 0.25) is 0 Å². The van der Waals surface area contributed by atoms with E-state index in [1.165, 1.54) is 16.0 Å². The van der Waals surface area contributed by atoms with Gasteiger partial charge in [-0.3, -0.25) is 9.69 Å². The van der Waals surface area contributed by atoms with E-state index in [2.05, 4.69) is 39.8 Å². The average Bonchev–Trinajstić information content (AvgIpc) is 3.18. The summed E-state index contributed by atoms with van der Waals surface area (Å²) in [7, 11) is 1.61. The molecule has 0 aliphatic heterocycles. The van der Waals surface area contributed by atoms with Crippen molar-refractivity contribution in [1.29, 1.82) is 0 Å². The third-order valence-electron chi connectivity index (χ3n) is 5.56. The molecule has 29 heavy (non-hydrogen) atoms. The molecule has 0 bridgehead atoms. The van der Waals surface area contributed by atoms with Gasteiger partial charge in [-0.2, -0.15) is 0 Å². The number of aromatic nitrogens is 1. The molecule has 0 aliphatic rings. The summed E-state index contributed by atoms with van der Waals surface area (Å²) < 4.78 is 6.43. The maximum Gasteiger partial charge on any atom is 0.260 e. The lowest BCUT2D eigenvalue weighted by Crippen LogP contribution is -3.12. The number of hydrogen-bond acceptors (Lipinski definition) is 4. The quantitative estimate of drug-likeness (QED) is 0.616. The molecule has 1 aromatic heterocycles. The van der Waals surface area contributed by atoms with Crippen LogP contribution in [0.15, 0.2) is 36.4 Å². The summed E-state index contributed by atoms with van der Waals surface area (Å²) in [6.45, 7) is 12.1. The fourth-order valence-corrected chi connectivity index (χ4v) is 4.45. The molecule has 6 heteroatoms. The Hall–Kier alpha value is -2.44. The van der Waals surface area contributed by atoms with Gasteiger partial charge in [-0.05, 0) is 63.1 Å². The molecule has 0 radical (unpaired) electrons. The molecule has 0 unspecified atom stereocenters. The Kier molecular flexibility index (Phi) is 6.87. The number of hydrogen-bond donors (Lipinski definition) is 1. The van der Waals surface area contributed by atoms with Gasteiger partial charge in [0.1, 0.15) is 5.75 Å². The maximum absolute atomic E-state index is 13.5. The molecule has 5 nitrogen and oxygen atoms in total. The Morgan fingerprint density at radius 1 is 1.17 bits per heavy atom. The number of methoxy groups -OCH3 is 1. The van der Waals surface area contributed by atoms with Gasteiger partial charge in [-0.25, -0.2) is 4.98 Å². The Labute approximate surface area is 176 Å². The number of anilines is 1. The molecular weight excluding hydrogens is 382 g/mol. The van der Waals surface area contributed by atoms with Crippen LogP contribution in [0.5, 0.6) is 5.75 Å². The van der Waals surface area contributed by atoms with Crippen LogP contribution in [0.1, 0.15) is 35.3 Å². The molecule has 3 rings (SSSR count). The molecule has 0 saturated carbocycles. The summed E-state index contributed by atoms with van der Waals surface area (Å²) in [6, 6.07) is 11.6. The predicted molar refractivity (Wildman–Crippen MR) is 121 cm³/mol. The van der Waals surface area contributed by atoms with Crippen molar-refractivity contribution >= 4 is 32.6 Å². The molecule has 0 saturated heterocycles. The molecule has 154 valence electrons. The fraction of sp³-hybridized carbons (Fsp3) is 0.391. The van der Waals surface area contributed by atoms with Crippen molar-refractivity contribution in [3.05, 3.63) is 53.1 Å². The van der Waals surface area contributed by atoms with Gasteiger partial charge in [0, 0.05) is 5.56 Å². The summed E-state index contributed by atoms with van der Waals surface area (Å²) in [5.74, 6) is 0.643. The van der Waals surface area contributed by atoms with Crippen LogP contribution in [0.4, 0.5) is 5.13 Å². The van der Waals surface area contributed by atoms with Crippen molar-refractivity contribution in [2.24, 2.45) is 0 Å². The van der Waals surface area contributed by atoms with E-state index in [1.807, 2.05) is 23.1 Å². The number of benzene rings is 2. The average molecular weight is 413 g/mol. The zero-order valence-electron chi connectivity index (χ0n) is 17.9. The number of ether oxygens (including phenoxy) is 1. The number of quaternary nitrogens is 1. The number of nitrogens with one attached hydrogen (secondary N) is 1. The fourth-order valence-electron chi connectivity index (χ4n) is 3.40. The van der Waals surface area contributed by atoms with Crippen LogP contribution in [0.25, 0.3) is 10.2 Å². The third kappa shape index (κ3) is 4.60. The molecule has 1 amide bonds. The van der Waals surface area contributed by atoms with E-state index < -0.39 is 0 Å². The molecule has 0 aliphatic carbocycles. The molecule has 0 fully saturated rings. The highest BCUT2D eigenvalue weighted by atomic mass is 32.1. The second-order valence-electron chi connectivity index (χ2n) is 7.25. The van der Waals surface area contributed by atoms with Gasteiger partial charge in [0.25, 0.3) is 5.91 Å². The Morgan fingerprint density at radius 3 is 2.62 bits per heavy atom. The van der Waals surface area contributed by atoms with E-state index in [1.54, 1.807) is 24.5 Å². The van der Waals surface area contributed by atoms with Gasteiger partial charge in [0.2, 0.25) is 0 Å². The lowest BCUT2D eigenvalue weighted by atomic mass is 10.1. The molecule has 2 aromatic carbocycles. The van der Waals surface area contributed by atoms with Crippen molar-refractivity contribution in [2.75, 3.05) is 38.2 Å². The number of fused-ring (bicyclic) bond motifs is 1. The van der Waals surface area contributed by atoms with Crippen LogP contribution in [-0.2, 0) is 0 Å². The van der Waals surface area contributed by atoms with Gasteiger partial charge < -0.3 is 9.64 Å². The van der Waals surface area contributed by atoms with Crippen LogP contribution in [0, 0.1) is 13.8 Å². The van der Waals surface area contributed by atoms with Crippen LogP contribution < -0.4 is 14.5 Å². The van der Waals surface area contributed by atoms with Gasteiger partial charge in [0.15, 0.2) is 5.13 Å². The van der Waals surface area contributed by atoms with Crippen molar-refractivity contribution in [2.45, 2.75) is 27.7 Å². The van der Waals surface area contributed by atoms with E-state index in [9.17, 15) is 4.79 Å². The van der Waals surface area contributed by atoms with E-state index in [0.29, 0.717) is 17.9 Å². The zero-order chi connectivity index (χ0) is 21.0. The Morgan fingerprint density at radius 2 is 1.93 bits per heavy atom. The molecule has 0 spiro atoms. The number of likely N-dealkylation sites (N-methyl/N-ethyl adjacent to an activating group) is 1. The summed E-state index contributed by atoms with van der Waals surface area (Å²) in [4.78, 5) is 21.6. The summed E-state index contributed by atoms with van der Waals surface area (Å²) in [5.41, 5.74) is 4.00. The smallest absolute Gasteiger partial charge is 0.260 e. The number of amides is 1. The normalized spacial score (nSPS) is 11.2. The van der Waals surface area contributed by atoms with Gasteiger partial charge in [-0.15, -0.1) is 0 Å². The lowest BCUT2D eigenvalue weighted by molar-refractivity contribution is -0.894. The predicted octanol–water partition coefficient (Wildman–Crippen LogP) is 3.49. The van der Waals surface area contributed by atoms with E-state index in [0.717, 1.165) is 35.0 Å². The topological polar surface area (TPSA) is 46.9 Å². The Balaban J connectivity index is 2.00. The largest absolute Gasteiger partial charge is 0.497 e. The highest BCUT2D eigenvalue weighted by Crippen LogP contribution is 2.32. The van der Waals surface area contributed by atoms with Gasteiger partial charge in [0.05, 0.1) is 43.5 Å². The summed E-state index contributed by atoms with van der Waals surface area (Å²) >= 11 is 1.58. The molecule has 0 atom stereocenters. The minimum absolute atomic E-state index is 0.0381. The summed E-state index contributed by atoms with van der Waals surface area (Å²) in [5, 5.41) is 0.757. The Bertz CT molecular complexity index is 995. The van der Waals surface area contributed by atoms with Crippen molar-refractivity contribution in [1.82, 2.24) is 4.98 Å². The zero-order valence-corrected chi connectivity index (χ0v) is 18.7. The van der Waals surface area contributed by atoms with Gasteiger partial charge >= 0.3 is 0 Å². The molecule has 1 heterocycles. The third-order valence-corrected chi connectivity index (χ3v) is 6.60. The first-order valence-corrected chi connectivity index (χ1v) is 11.0. The second kappa shape index (κ2) is 9.37. The molecule has 1 N–H and O–H groups in total. The van der Waals surface area contributed by atoms with Gasteiger partial charge in [-0.1, -0.05) is 23.5 Å². The lowest BCUT2D eigenvalue weighted by Gasteiger charge is -2.23. The molecule has 3 aromatic rings. The number of aryl methyl sites for hydroxylation is 2. The van der Waals surface area contributed by atoms with Crippen LogP contribution in [0.3, 0.4) is 0 Å². The highest BCUT2D eigenvalue weighted by molar-refractivity contribution is 7.22. The minimum atomic E-state index is -0.0381. The number of thiazole rings is 1. The minimum Gasteiger partial charge on any atom is -0.497 e. The number of carbonyl (C=O) groups is 1. The monoisotopic (exact) mass is 412 g/mol. The number of nitrogens with zero attached hydrogens (tertiary/aromatic N) is 2. The first-order valence-electron chi connectivity index (χ1n) is 10.1. The molecular formula is C23H30N3O2S+. The van der Waals surface area contributed by atoms with Crippen molar-refractivity contribution in [3.8, 4) is 5.75 Å². The first-order chi connectivity index (χ1) is 14.0. The van der Waals surface area contributed by atoms with Crippen molar-refractivity contribution in [3.63, 3.8) is 0 Å². The van der Waals surface area contributed by atoms with Crippen LogP contribution >= 0.6 is 11.3 Å². The number of rotatable bonds is 8. The van der Waals surface area contributed by atoms with Crippen molar-refractivity contribution < 1.29 is 14.4 Å². The van der Waals surface area contributed by atoms with E-state index in [4.69, 9.17) is 9.72 Å².